The van der Waals surface area contributed by atoms with Crippen LogP contribution < -0.4 is 0 Å². The number of piperidine rings is 1. The predicted octanol–water partition coefficient (Wildman–Crippen LogP) is 2.16. The number of aliphatic hydroxyl groups is 1. The van der Waals surface area contributed by atoms with Crippen molar-refractivity contribution in [3.05, 3.63) is 34.1 Å². The molecule has 1 aromatic rings. The molecule has 2 fully saturated rings. The van der Waals surface area contributed by atoms with Gasteiger partial charge in [0.25, 0.3) is 0 Å². The summed E-state index contributed by atoms with van der Waals surface area (Å²) in [6.07, 6.45) is -1.56. The van der Waals surface area contributed by atoms with Gasteiger partial charge in [-0.05, 0) is 30.2 Å². The second kappa shape index (κ2) is 3.68. The lowest BCUT2D eigenvalue weighted by Crippen LogP contribution is -2.38. The van der Waals surface area contributed by atoms with Crippen molar-refractivity contribution in [2.75, 3.05) is 6.54 Å². The van der Waals surface area contributed by atoms with E-state index in [0.717, 1.165) is 9.37 Å². The predicted molar refractivity (Wildman–Crippen MR) is 64.6 cm³/mol. The largest absolute Gasteiger partial charge is 0.465 e. The fraction of sp³-hybridized carbons (Fsp3) is 0.417. The summed E-state index contributed by atoms with van der Waals surface area (Å²) in [7, 11) is 0. The maximum absolute atomic E-state index is 13.9. The minimum Gasteiger partial charge on any atom is -0.465 e. The quantitative estimate of drug-likeness (QED) is 0.835. The minimum absolute atomic E-state index is 0.154. The molecule has 1 aliphatic heterocycles. The summed E-state index contributed by atoms with van der Waals surface area (Å²) in [5.74, 6) is -0.544. The lowest BCUT2D eigenvalue weighted by molar-refractivity contribution is 0.0215. The third-order valence-corrected chi connectivity index (χ3v) is 4.47. The van der Waals surface area contributed by atoms with E-state index in [0.29, 0.717) is 12.0 Å². The molecule has 0 bridgehead atoms. The second-order valence-corrected chi connectivity index (χ2v) is 5.83. The van der Waals surface area contributed by atoms with Gasteiger partial charge in [0.05, 0.1) is 0 Å². The summed E-state index contributed by atoms with van der Waals surface area (Å²) >= 11 is 3.29. The molecule has 0 spiro atoms. The van der Waals surface area contributed by atoms with Crippen LogP contribution in [0.1, 0.15) is 12.0 Å². The molecule has 2 N–H and O–H groups in total. The first-order valence-corrected chi connectivity index (χ1v) is 6.38. The van der Waals surface area contributed by atoms with Gasteiger partial charge in [0.15, 0.2) is 0 Å². The van der Waals surface area contributed by atoms with E-state index in [1.54, 1.807) is 12.1 Å². The van der Waals surface area contributed by atoms with Crippen molar-refractivity contribution in [2.24, 2.45) is 5.92 Å². The van der Waals surface area contributed by atoms with Gasteiger partial charge < -0.3 is 10.2 Å². The molecule has 1 saturated heterocycles. The van der Waals surface area contributed by atoms with E-state index in [2.05, 4.69) is 15.9 Å². The summed E-state index contributed by atoms with van der Waals surface area (Å²) in [5, 5.41) is 18.8. The molecule has 18 heavy (non-hydrogen) atoms. The van der Waals surface area contributed by atoms with Crippen molar-refractivity contribution in [3.8, 4) is 0 Å². The van der Waals surface area contributed by atoms with Crippen LogP contribution in [0.3, 0.4) is 0 Å². The van der Waals surface area contributed by atoms with Crippen LogP contribution in [-0.2, 0) is 5.41 Å². The van der Waals surface area contributed by atoms with Crippen molar-refractivity contribution >= 4 is 22.0 Å². The summed E-state index contributed by atoms with van der Waals surface area (Å²) < 4.78 is 14.6. The molecule has 3 rings (SSSR count). The monoisotopic (exact) mass is 315 g/mol. The highest BCUT2D eigenvalue weighted by molar-refractivity contribution is 9.10. The van der Waals surface area contributed by atoms with Crippen molar-refractivity contribution in [1.82, 2.24) is 4.90 Å². The molecule has 96 valence electrons. The zero-order chi connectivity index (χ0) is 13.1. The van der Waals surface area contributed by atoms with Gasteiger partial charge >= 0.3 is 6.09 Å². The average molecular weight is 316 g/mol. The number of rotatable bonds is 1. The lowest BCUT2D eigenvalue weighted by Gasteiger charge is -2.21. The van der Waals surface area contributed by atoms with Gasteiger partial charge in [0, 0.05) is 22.4 Å². The maximum atomic E-state index is 13.9. The lowest BCUT2D eigenvalue weighted by atomic mass is 9.94. The standard InChI is InChI=1S/C12H11BrFNO3/c13-6-1-2-9(14)7(3-6)12-4-8(12)10(16)15(5-12)11(17)18/h1-3,8,10,16H,4-5H2,(H,17,18)/t8-,10?,12+/m0/s1. The average Bonchev–Trinajstić information content (AvgIpc) is 2.97. The van der Waals surface area contributed by atoms with Crippen molar-refractivity contribution in [1.29, 1.82) is 0 Å². The maximum Gasteiger partial charge on any atom is 0.409 e. The van der Waals surface area contributed by atoms with E-state index in [1.165, 1.54) is 6.07 Å². The van der Waals surface area contributed by atoms with Crippen molar-refractivity contribution in [2.45, 2.75) is 18.1 Å². The number of carboxylic acid groups (broad SMARTS) is 1. The molecule has 1 aromatic carbocycles. The van der Waals surface area contributed by atoms with Crippen LogP contribution in [0.5, 0.6) is 0 Å². The number of fused-ring (bicyclic) bond motifs is 1. The number of carbonyl (C=O) groups is 1. The van der Waals surface area contributed by atoms with E-state index in [1.807, 2.05) is 0 Å². The number of nitrogens with zero attached hydrogens (tertiary/aromatic N) is 1. The number of halogens is 2. The van der Waals surface area contributed by atoms with Crippen LogP contribution in [0, 0.1) is 11.7 Å². The van der Waals surface area contributed by atoms with Gasteiger partial charge in [-0.25, -0.2) is 9.18 Å². The molecule has 2 aliphatic rings. The first-order chi connectivity index (χ1) is 8.45. The number of amides is 1. The SMILES string of the molecule is O=C(O)N1C[C@@]2(c3cc(Br)ccc3F)C[C@H]2C1O. The molecule has 0 radical (unpaired) electrons. The molecular weight excluding hydrogens is 305 g/mol. The molecular formula is C12H11BrFNO3. The Kier molecular flexibility index (Phi) is 2.44. The fourth-order valence-corrected chi connectivity index (χ4v) is 3.34. The second-order valence-electron chi connectivity index (χ2n) is 4.92. The Labute approximate surface area is 111 Å². The minimum atomic E-state index is -1.16. The molecule has 6 heteroatoms. The first-order valence-electron chi connectivity index (χ1n) is 5.59. The molecule has 3 atom stereocenters. The van der Waals surface area contributed by atoms with Crippen LogP contribution in [0.4, 0.5) is 9.18 Å². The van der Waals surface area contributed by atoms with E-state index in [4.69, 9.17) is 5.11 Å². The Morgan fingerprint density at radius 3 is 2.89 bits per heavy atom. The van der Waals surface area contributed by atoms with Gasteiger partial charge in [0.2, 0.25) is 0 Å². The number of benzene rings is 1. The van der Waals surface area contributed by atoms with Gasteiger partial charge in [-0.3, -0.25) is 4.90 Å². The molecule has 1 aliphatic carbocycles. The van der Waals surface area contributed by atoms with Gasteiger partial charge in [-0.15, -0.1) is 0 Å². The van der Waals surface area contributed by atoms with Gasteiger partial charge in [0.1, 0.15) is 12.0 Å². The zero-order valence-electron chi connectivity index (χ0n) is 9.31. The van der Waals surface area contributed by atoms with Crippen LogP contribution in [-0.4, -0.2) is 34.0 Å². The van der Waals surface area contributed by atoms with Crippen LogP contribution in [0.25, 0.3) is 0 Å². The summed E-state index contributed by atoms with van der Waals surface area (Å²) in [6.45, 7) is 0.154. The normalized spacial score (nSPS) is 33.4. The zero-order valence-corrected chi connectivity index (χ0v) is 10.9. The molecule has 1 saturated carbocycles. The van der Waals surface area contributed by atoms with Crippen LogP contribution in [0.15, 0.2) is 22.7 Å². The summed E-state index contributed by atoms with van der Waals surface area (Å²) in [5.41, 5.74) is -0.0595. The Hall–Kier alpha value is -1.14. The molecule has 1 heterocycles. The molecule has 4 nitrogen and oxygen atoms in total. The molecule has 1 amide bonds. The van der Waals surface area contributed by atoms with E-state index >= 15 is 0 Å². The van der Waals surface area contributed by atoms with Crippen LogP contribution >= 0.6 is 15.9 Å². The number of hydrogen-bond acceptors (Lipinski definition) is 2. The Morgan fingerprint density at radius 2 is 2.28 bits per heavy atom. The van der Waals surface area contributed by atoms with Gasteiger partial charge in [-0.2, -0.15) is 0 Å². The molecule has 0 aromatic heterocycles. The summed E-state index contributed by atoms with van der Waals surface area (Å²) in [6, 6.07) is 4.64. The topological polar surface area (TPSA) is 60.8 Å². The van der Waals surface area contributed by atoms with Crippen molar-refractivity contribution < 1.29 is 19.4 Å². The summed E-state index contributed by atoms with van der Waals surface area (Å²) in [4.78, 5) is 11.9. The Balaban J connectivity index is 1.99. The number of likely N-dealkylation sites (tertiary alicyclic amines) is 1. The molecule has 1 unspecified atom stereocenters. The van der Waals surface area contributed by atoms with E-state index in [-0.39, 0.29) is 18.3 Å². The third kappa shape index (κ3) is 1.48. The number of hydrogen-bond donors (Lipinski definition) is 2. The van der Waals surface area contributed by atoms with Crippen LogP contribution in [0.2, 0.25) is 0 Å². The smallest absolute Gasteiger partial charge is 0.409 e. The fourth-order valence-electron chi connectivity index (χ4n) is 2.98. The van der Waals surface area contributed by atoms with Gasteiger partial charge in [-0.1, -0.05) is 15.9 Å². The highest BCUT2D eigenvalue weighted by Gasteiger charge is 2.67. The third-order valence-electron chi connectivity index (χ3n) is 3.98. The highest BCUT2D eigenvalue weighted by atomic mass is 79.9. The van der Waals surface area contributed by atoms with E-state index < -0.39 is 17.7 Å². The Bertz CT molecular complexity index is 538. The van der Waals surface area contributed by atoms with E-state index in [9.17, 15) is 14.3 Å². The Morgan fingerprint density at radius 1 is 1.56 bits per heavy atom. The number of aliphatic hydroxyl groups excluding tert-OH is 1. The highest BCUT2D eigenvalue weighted by Crippen LogP contribution is 2.62. The first kappa shape index (κ1) is 11.9. The van der Waals surface area contributed by atoms with Crippen molar-refractivity contribution in [3.63, 3.8) is 0 Å².